The first-order valence-corrected chi connectivity index (χ1v) is 7.48. The third-order valence-corrected chi connectivity index (χ3v) is 3.54. The highest BCUT2D eigenvalue weighted by molar-refractivity contribution is 9.10. The predicted octanol–water partition coefficient (Wildman–Crippen LogP) is 3.13. The Hall–Kier alpha value is -0.690. The monoisotopic (exact) mass is 387 g/mol. The Morgan fingerprint density at radius 3 is 2.84 bits per heavy atom. The van der Waals surface area contributed by atoms with Gasteiger partial charge >= 0.3 is 0 Å². The number of hydrogen-bond donors (Lipinski definition) is 1. The van der Waals surface area contributed by atoms with Crippen molar-refractivity contribution in [1.29, 1.82) is 0 Å². The van der Waals surface area contributed by atoms with E-state index in [4.69, 9.17) is 4.74 Å². The standard InChI is InChI=1S/C13H15Br2N3O/c1-19-5-4-16-7-10-6-11(14)2-3-13(10)18-9-12(15)8-17-18/h2-3,6,8-9,16H,4-5,7H2,1H3. The molecule has 0 bridgehead atoms. The first kappa shape index (κ1) is 14.7. The summed E-state index contributed by atoms with van der Waals surface area (Å²) >= 11 is 6.92. The molecular weight excluding hydrogens is 374 g/mol. The summed E-state index contributed by atoms with van der Waals surface area (Å²) in [4.78, 5) is 0. The number of rotatable bonds is 6. The van der Waals surface area contributed by atoms with Gasteiger partial charge in [0.15, 0.2) is 0 Å². The predicted molar refractivity (Wildman–Crippen MR) is 82.5 cm³/mol. The fourth-order valence-electron chi connectivity index (χ4n) is 1.75. The molecule has 0 aliphatic carbocycles. The van der Waals surface area contributed by atoms with Crippen molar-refractivity contribution in [2.75, 3.05) is 20.3 Å². The Labute approximate surface area is 129 Å². The zero-order valence-corrected chi connectivity index (χ0v) is 13.7. The van der Waals surface area contributed by atoms with Gasteiger partial charge in [-0.15, -0.1) is 0 Å². The van der Waals surface area contributed by atoms with Gasteiger partial charge in [-0.1, -0.05) is 15.9 Å². The van der Waals surface area contributed by atoms with Crippen LogP contribution in [0.5, 0.6) is 0 Å². The van der Waals surface area contributed by atoms with Crippen LogP contribution in [0.4, 0.5) is 0 Å². The molecule has 102 valence electrons. The topological polar surface area (TPSA) is 39.1 Å². The van der Waals surface area contributed by atoms with E-state index in [2.05, 4.69) is 54.4 Å². The van der Waals surface area contributed by atoms with Gasteiger partial charge in [0.05, 0.1) is 23.0 Å². The van der Waals surface area contributed by atoms with Crippen molar-refractivity contribution >= 4 is 31.9 Å². The lowest BCUT2D eigenvalue weighted by molar-refractivity contribution is 0.199. The molecule has 0 fully saturated rings. The highest BCUT2D eigenvalue weighted by Gasteiger charge is 2.06. The third kappa shape index (κ3) is 4.14. The minimum atomic E-state index is 0.705. The van der Waals surface area contributed by atoms with Gasteiger partial charge in [-0.25, -0.2) is 4.68 Å². The number of hydrogen-bond acceptors (Lipinski definition) is 3. The van der Waals surface area contributed by atoms with E-state index in [1.54, 1.807) is 13.3 Å². The molecular formula is C13H15Br2N3O. The molecule has 0 atom stereocenters. The Kier molecular flexibility index (Phi) is 5.57. The molecule has 0 radical (unpaired) electrons. The van der Waals surface area contributed by atoms with Crippen molar-refractivity contribution in [2.45, 2.75) is 6.54 Å². The molecule has 0 aliphatic rings. The van der Waals surface area contributed by atoms with Crippen LogP contribution in [-0.2, 0) is 11.3 Å². The lowest BCUT2D eigenvalue weighted by Gasteiger charge is -2.11. The van der Waals surface area contributed by atoms with Crippen LogP contribution >= 0.6 is 31.9 Å². The summed E-state index contributed by atoms with van der Waals surface area (Å²) in [5, 5.41) is 7.67. The molecule has 0 spiro atoms. The van der Waals surface area contributed by atoms with Crippen molar-refractivity contribution in [3.63, 3.8) is 0 Å². The maximum absolute atomic E-state index is 5.03. The van der Waals surface area contributed by atoms with Gasteiger partial charge in [0.25, 0.3) is 0 Å². The van der Waals surface area contributed by atoms with Crippen LogP contribution in [0.3, 0.4) is 0 Å². The molecule has 0 unspecified atom stereocenters. The van der Waals surface area contributed by atoms with Crippen molar-refractivity contribution in [3.8, 4) is 5.69 Å². The van der Waals surface area contributed by atoms with Gasteiger partial charge in [-0.2, -0.15) is 5.10 Å². The molecule has 2 rings (SSSR count). The number of benzene rings is 1. The third-order valence-electron chi connectivity index (χ3n) is 2.64. The molecule has 6 heteroatoms. The molecule has 0 amide bonds. The summed E-state index contributed by atoms with van der Waals surface area (Å²) in [5.74, 6) is 0. The lowest BCUT2D eigenvalue weighted by Crippen LogP contribution is -2.19. The molecule has 4 nitrogen and oxygen atoms in total. The maximum Gasteiger partial charge on any atom is 0.0691 e. The summed E-state index contributed by atoms with van der Waals surface area (Å²) in [7, 11) is 1.70. The van der Waals surface area contributed by atoms with Crippen LogP contribution in [0.2, 0.25) is 0 Å². The summed E-state index contributed by atoms with van der Waals surface area (Å²) in [6.07, 6.45) is 3.73. The number of nitrogens with zero attached hydrogens (tertiary/aromatic N) is 2. The fourth-order valence-corrected chi connectivity index (χ4v) is 2.44. The molecule has 2 aromatic rings. The first-order chi connectivity index (χ1) is 9.20. The van der Waals surface area contributed by atoms with Gasteiger partial charge in [-0.3, -0.25) is 0 Å². The second kappa shape index (κ2) is 7.19. The molecule has 19 heavy (non-hydrogen) atoms. The van der Waals surface area contributed by atoms with E-state index in [-0.39, 0.29) is 0 Å². The molecule has 0 saturated carbocycles. The minimum absolute atomic E-state index is 0.705. The summed E-state index contributed by atoms with van der Waals surface area (Å²) in [5.41, 5.74) is 2.25. The second-order valence-corrected chi connectivity index (χ2v) is 5.88. The number of halogens is 2. The highest BCUT2D eigenvalue weighted by Crippen LogP contribution is 2.21. The number of ether oxygens (including phenoxy) is 1. The van der Waals surface area contributed by atoms with Crippen LogP contribution in [0.15, 0.2) is 39.5 Å². The van der Waals surface area contributed by atoms with E-state index >= 15 is 0 Å². The zero-order valence-electron chi connectivity index (χ0n) is 10.6. The fraction of sp³-hybridized carbons (Fsp3) is 0.308. The van der Waals surface area contributed by atoms with E-state index < -0.39 is 0 Å². The largest absolute Gasteiger partial charge is 0.383 e. The Morgan fingerprint density at radius 1 is 1.32 bits per heavy atom. The number of nitrogens with one attached hydrogen (secondary N) is 1. The van der Waals surface area contributed by atoms with Crippen molar-refractivity contribution in [3.05, 3.63) is 45.1 Å². The quantitative estimate of drug-likeness (QED) is 0.772. The summed E-state index contributed by atoms with van der Waals surface area (Å²) in [6, 6.07) is 6.17. The first-order valence-electron chi connectivity index (χ1n) is 5.89. The van der Waals surface area contributed by atoms with Crippen LogP contribution in [0.25, 0.3) is 5.69 Å². The zero-order chi connectivity index (χ0) is 13.7. The average molecular weight is 389 g/mol. The molecule has 1 heterocycles. The molecule has 0 saturated heterocycles. The number of methoxy groups -OCH3 is 1. The maximum atomic E-state index is 5.03. The van der Waals surface area contributed by atoms with Crippen LogP contribution in [-0.4, -0.2) is 30.0 Å². The van der Waals surface area contributed by atoms with Crippen LogP contribution < -0.4 is 5.32 Å². The van der Waals surface area contributed by atoms with Crippen molar-refractivity contribution < 1.29 is 4.74 Å². The van der Waals surface area contributed by atoms with Crippen molar-refractivity contribution in [2.24, 2.45) is 0 Å². The SMILES string of the molecule is COCCNCc1cc(Br)ccc1-n1cc(Br)cn1. The highest BCUT2D eigenvalue weighted by atomic mass is 79.9. The Bertz CT molecular complexity index is 542. The summed E-state index contributed by atoms with van der Waals surface area (Å²) in [6.45, 7) is 2.30. The van der Waals surface area contributed by atoms with Crippen molar-refractivity contribution in [1.82, 2.24) is 15.1 Å². The molecule has 1 N–H and O–H groups in total. The van der Waals surface area contributed by atoms with Gasteiger partial charge < -0.3 is 10.1 Å². The molecule has 1 aromatic carbocycles. The average Bonchev–Trinajstić information content (AvgIpc) is 2.81. The van der Waals surface area contributed by atoms with E-state index in [0.29, 0.717) is 6.61 Å². The molecule has 0 aliphatic heterocycles. The number of aromatic nitrogens is 2. The Morgan fingerprint density at radius 2 is 2.16 bits per heavy atom. The summed E-state index contributed by atoms with van der Waals surface area (Å²) < 4.78 is 8.92. The second-order valence-electron chi connectivity index (χ2n) is 4.05. The smallest absolute Gasteiger partial charge is 0.0691 e. The molecule has 1 aromatic heterocycles. The van der Waals surface area contributed by atoms with E-state index in [9.17, 15) is 0 Å². The van der Waals surface area contributed by atoms with E-state index in [0.717, 1.165) is 27.7 Å². The van der Waals surface area contributed by atoms with Crippen LogP contribution in [0.1, 0.15) is 5.56 Å². The van der Waals surface area contributed by atoms with Gasteiger partial charge in [0.2, 0.25) is 0 Å². The normalized spacial score (nSPS) is 10.9. The van der Waals surface area contributed by atoms with Gasteiger partial charge in [-0.05, 0) is 39.7 Å². The van der Waals surface area contributed by atoms with Gasteiger partial charge in [0, 0.05) is 30.9 Å². The van der Waals surface area contributed by atoms with Gasteiger partial charge in [0.1, 0.15) is 0 Å². The lowest BCUT2D eigenvalue weighted by atomic mass is 10.2. The van der Waals surface area contributed by atoms with E-state index in [1.807, 2.05) is 16.9 Å². The van der Waals surface area contributed by atoms with E-state index in [1.165, 1.54) is 5.56 Å². The van der Waals surface area contributed by atoms with Crippen LogP contribution in [0, 0.1) is 0 Å². The Balaban J connectivity index is 2.18. The minimum Gasteiger partial charge on any atom is -0.383 e.